The van der Waals surface area contributed by atoms with Crippen LogP contribution in [0.4, 0.5) is 0 Å². The molecule has 302 valence electrons. The third-order valence-electron chi connectivity index (χ3n) is 8.90. The lowest BCUT2D eigenvalue weighted by molar-refractivity contribution is -0.161. The fourth-order valence-electron chi connectivity index (χ4n) is 5.90. The van der Waals surface area contributed by atoms with Crippen LogP contribution in [0.25, 0.3) is 0 Å². The van der Waals surface area contributed by atoms with Crippen LogP contribution in [-0.2, 0) is 32.9 Å². The minimum atomic E-state index is -4.83. The first kappa shape index (κ1) is 48.4. The number of unbranched alkanes of at least 4 members (excludes halogenated alkanes) is 8. The molecule has 53 heavy (non-hydrogen) atoms. The molecule has 0 radical (unpaired) electrons. The van der Waals surface area contributed by atoms with Gasteiger partial charge in [-0.15, -0.1) is 0 Å². The van der Waals surface area contributed by atoms with Gasteiger partial charge in [0, 0.05) is 31.1 Å². The first-order valence-corrected chi connectivity index (χ1v) is 21.2. The van der Waals surface area contributed by atoms with Crippen LogP contribution < -0.4 is 0 Å². The molecular formula is C41H67O11P. The number of rotatable bonds is 31. The van der Waals surface area contributed by atoms with Crippen LogP contribution in [0.15, 0.2) is 60.8 Å². The number of aliphatic hydroxyl groups excluding tert-OH is 2. The Bertz CT molecular complexity index is 1200. The minimum Gasteiger partial charge on any atom is -0.462 e. The summed E-state index contributed by atoms with van der Waals surface area (Å²) in [5.74, 6) is -1.86. The molecule has 0 aromatic heterocycles. The lowest BCUT2D eigenvalue weighted by Crippen LogP contribution is -2.29. The van der Waals surface area contributed by atoms with Gasteiger partial charge in [0.2, 0.25) is 0 Å². The number of ketones is 1. The van der Waals surface area contributed by atoms with Gasteiger partial charge in [-0.25, -0.2) is 4.57 Å². The summed E-state index contributed by atoms with van der Waals surface area (Å²) in [4.78, 5) is 55.4. The van der Waals surface area contributed by atoms with Gasteiger partial charge in [0.15, 0.2) is 6.10 Å². The Kier molecular flexibility index (Phi) is 28.0. The maximum Gasteiger partial charge on any atom is 0.469 e. The molecule has 1 aliphatic carbocycles. The van der Waals surface area contributed by atoms with Crippen LogP contribution in [0.5, 0.6) is 0 Å². The number of carbonyl (C=O) groups excluding carboxylic acids is 3. The number of allylic oxidation sites excluding steroid dienone is 9. The highest BCUT2D eigenvalue weighted by Gasteiger charge is 2.39. The van der Waals surface area contributed by atoms with Crippen molar-refractivity contribution in [2.75, 3.05) is 13.2 Å². The molecule has 0 amide bonds. The number of ether oxygens (including phenoxy) is 2. The molecule has 12 heteroatoms. The van der Waals surface area contributed by atoms with Gasteiger partial charge < -0.3 is 29.5 Å². The zero-order valence-electron chi connectivity index (χ0n) is 32.1. The smallest absolute Gasteiger partial charge is 0.462 e. The van der Waals surface area contributed by atoms with Gasteiger partial charge in [-0.3, -0.25) is 18.9 Å². The van der Waals surface area contributed by atoms with Gasteiger partial charge in [0.25, 0.3) is 0 Å². The van der Waals surface area contributed by atoms with Crippen molar-refractivity contribution in [3.63, 3.8) is 0 Å². The number of esters is 2. The summed E-state index contributed by atoms with van der Waals surface area (Å²) in [6.45, 7) is 3.21. The Labute approximate surface area is 317 Å². The van der Waals surface area contributed by atoms with Crippen LogP contribution >= 0.6 is 7.82 Å². The van der Waals surface area contributed by atoms with Crippen LogP contribution in [-0.4, -0.2) is 69.2 Å². The minimum absolute atomic E-state index is 0.0360. The molecule has 0 aromatic carbocycles. The van der Waals surface area contributed by atoms with E-state index in [1.54, 1.807) is 12.2 Å². The fourth-order valence-corrected chi connectivity index (χ4v) is 6.26. The molecule has 1 rings (SSSR count). The normalized spacial score (nSPS) is 19.4. The number of hydrogen-bond acceptors (Lipinski definition) is 9. The van der Waals surface area contributed by atoms with E-state index in [4.69, 9.17) is 19.3 Å². The van der Waals surface area contributed by atoms with Crippen LogP contribution in [0.1, 0.15) is 136 Å². The summed E-state index contributed by atoms with van der Waals surface area (Å²) in [6.07, 6.45) is 31.7. The average molecular weight is 767 g/mol. The van der Waals surface area contributed by atoms with E-state index in [0.717, 1.165) is 70.6 Å². The number of Topliss-reactive ketones (excluding diaryl/α,β-unsaturated/α-hetero) is 1. The molecule has 0 aliphatic heterocycles. The van der Waals surface area contributed by atoms with Crippen LogP contribution in [0, 0.1) is 11.8 Å². The van der Waals surface area contributed by atoms with E-state index < -0.39 is 57.2 Å². The molecule has 0 aromatic rings. The van der Waals surface area contributed by atoms with Crippen molar-refractivity contribution in [1.29, 1.82) is 0 Å². The monoisotopic (exact) mass is 766 g/mol. The SMILES string of the molecule is CC/C=C\C/C=C\C/C=C\CCCCCCCC(=O)O[C@H](COC(=O)CCC/C=C\C[C@H]1[C@@H](O)CC(=O)[C@@H]1/C=C/[C@@H](O)CCCCC)COP(=O)(O)O. The third-order valence-corrected chi connectivity index (χ3v) is 9.38. The zero-order valence-corrected chi connectivity index (χ0v) is 33.0. The Morgan fingerprint density at radius 2 is 1.45 bits per heavy atom. The molecule has 1 fully saturated rings. The van der Waals surface area contributed by atoms with Crippen molar-refractivity contribution in [3.8, 4) is 0 Å². The van der Waals surface area contributed by atoms with Gasteiger partial charge in [-0.05, 0) is 64.2 Å². The topological polar surface area (TPSA) is 177 Å². The van der Waals surface area contributed by atoms with Crippen molar-refractivity contribution in [2.24, 2.45) is 11.8 Å². The van der Waals surface area contributed by atoms with Crippen molar-refractivity contribution in [3.05, 3.63) is 60.8 Å². The predicted molar refractivity (Wildman–Crippen MR) is 208 cm³/mol. The zero-order chi connectivity index (χ0) is 39.2. The van der Waals surface area contributed by atoms with E-state index in [1.807, 2.05) is 12.2 Å². The highest BCUT2D eigenvalue weighted by Crippen LogP contribution is 2.36. The van der Waals surface area contributed by atoms with Crippen LogP contribution in [0.2, 0.25) is 0 Å². The standard InChI is InChI=1S/C41H67O11P/c1-3-5-7-8-9-10-11-12-13-14-15-16-17-18-24-28-41(46)52-35(33-51-53(47,48)49)32-50-40(45)27-23-20-19-22-26-36-37(39(44)31-38(36)43)30-29-34(42)25-21-6-4-2/h5,7,9-10,12-13,19,22,29-30,34-38,42-43H,3-4,6,8,11,14-18,20-21,23-28,31-33H2,1-2H3,(H2,47,48,49)/b7-5-,10-9-,13-12-,22-19-,30-29+/t34-,35+,36+,37+,38-/m0/s1. The van der Waals surface area contributed by atoms with Gasteiger partial charge in [0.1, 0.15) is 12.4 Å². The predicted octanol–water partition coefficient (Wildman–Crippen LogP) is 8.32. The maximum atomic E-state index is 12.4. The van der Waals surface area contributed by atoms with E-state index in [0.29, 0.717) is 32.1 Å². The molecule has 5 atom stereocenters. The number of aliphatic hydroxyl groups is 2. The molecule has 0 bridgehead atoms. The van der Waals surface area contributed by atoms with Gasteiger partial charge in [-0.2, -0.15) is 0 Å². The average Bonchev–Trinajstić information content (AvgIpc) is 3.38. The third kappa shape index (κ3) is 26.7. The Morgan fingerprint density at radius 3 is 2.17 bits per heavy atom. The highest BCUT2D eigenvalue weighted by molar-refractivity contribution is 7.46. The van der Waals surface area contributed by atoms with Gasteiger partial charge >= 0.3 is 19.8 Å². The second-order valence-electron chi connectivity index (χ2n) is 13.7. The Hall–Kier alpha value is -2.66. The molecular weight excluding hydrogens is 699 g/mol. The van der Waals surface area contributed by atoms with Crippen LogP contribution in [0.3, 0.4) is 0 Å². The van der Waals surface area contributed by atoms with Crippen molar-refractivity contribution in [1.82, 2.24) is 0 Å². The van der Waals surface area contributed by atoms with Crippen molar-refractivity contribution >= 4 is 25.5 Å². The summed E-state index contributed by atoms with van der Waals surface area (Å²) < 4.78 is 26.3. The first-order chi connectivity index (χ1) is 25.5. The van der Waals surface area contributed by atoms with Crippen molar-refractivity contribution in [2.45, 2.75) is 154 Å². The summed E-state index contributed by atoms with van der Waals surface area (Å²) >= 11 is 0. The molecule has 0 unspecified atom stereocenters. The Morgan fingerprint density at radius 1 is 0.811 bits per heavy atom. The molecule has 11 nitrogen and oxygen atoms in total. The number of phosphoric acid groups is 1. The second-order valence-corrected chi connectivity index (χ2v) is 14.9. The summed E-state index contributed by atoms with van der Waals surface area (Å²) in [5, 5.41) is 20.6. The largest absolute Gasteiger partial charge is 0.469 e. The quantitative estimate of drug-likeness (QED) is 0.0231. The van der Waals surface area contributed by atoms with Gasteiger partial charge in [0.05, 0.1) is 18.8 Å². The lowest BCUT2D eigenvalue weighted by atomic mass is 9.90. The highest BCUT2D eigenvalue weighted by atomic mass is 31.2. The van der Waals surface area contributed by atoms with E-state index in [2.05, 4.69) is 54.8 Å². The van der Waals surface area contributed by atoms with E-state index in [1.165, 1.54) is 0 Å². The molecule has 0 saturated heterocycles. The molecule has 4 N–H and O–H groups in total. The molecule has 1 aliphatic rings. The number of hydrogen-bond donors (Lipinski definition) is 4. The van der Waals surface area contributed by atoms with E-state index in [9.17, 15) is 29.2 Å². The molecule has 1 saturated carbocycles. The molecule has 0 heterocycles. The first-order valence-electron chi connectivity index (χ1n) is 19.7. The van der Waals surface area contributed by atoms with Gasteiger partial charge in [-0.1, -0.05) is 113 Å². The Balaban J connectivity index is 2.34. The lowest BCUT2D eigenvalue weighted by Gasteiger charge is -2.18. The van der Waals surface area contributed by atoms with E-state index >= 15 is 0 Å². The summed E-state index contributed by atoms with van der Waals surface area (Å²) in [7, 11) is -4.83. The summed E-state index contributed by atoms with van der Waals surface area (Å²) in [5.41, 5.74) is 0. The second kappa shape index (κ2) is 30.6. The number of phosphoric ester groups is 1. The summed E-state index contributed by atoms with van der Waals surface area (Å²) in [6, 6.07) is 0. The maximum absolute atomic E-state index is 12.4. The number of carbonyl (C=O) groups is 3. The molecule has 0 spiro atoms. The fraction of sp³-hybridized carbons (Fsp3) is 0.683. The van der Waals surface area contributed by atoms with E-state index in [-0.39, 0.29) is 31.0 Å². The van der Waals surface area contributed by atoms with Crippen molar-refractivity contribution < 1.29 is 52.9 Å².